The van der Waals surface area contributed by atoms with Gasteiger partial charge in [0, 0.05) is 18.6 Å². The molecule has 3 nitrogen and oxygen atoms in total. The molecular weight excluding hydrogens is 279 g/mol. The van der Waals surface area contributed by atoms with Crippen molar-refractivity contribution in [1.29, 1.82) is 0 Å². The van der Waals surface area contributed by atoms with Gasteiger partial charge in [-0.3, -0.25) is 0 Å². The summed E-state index contributed by atoms with van der Waals surface area (Å²) in [6.07, 6.45) is 3.77. The first-order valence-corrected chi connectivity index (χ1v) is 4.95. The van der Waals surface area contributed by atoms with Crippen LogP contribution in [0.2, 0.25) is 0 Å². The van der Waals surface area contributed by atoms with Gasteiger partial charge in [-0.25, -0.2) is 4.98 Å². The summed E-state index contributed by atoms with van der Waals surface area (Å²) in [7, 11) is 3.66. The Balaban J connectivity index is 2.88. The molecule has 0 radical (unpaired) electrons. The maximum absolute atomic E-state index is 5.23. The van der Waals surface area contributed by atoms with Crippen molar-refractivity contribution in [2.75, 3.05) is 7.11 Å². The molecule has 0 amide bonds. The van der Waals surface area contributed by atoms with Gasteiger partial charge in [-0.05, 0) is 28.7 Å². The number of rotatable bonds is 1. The molecule has 0 N–H and O–H groups in total. The van der Waals surface area contributed by atoms with Gasteiger partial charge >= 0.3 is 0 Å². The number of hydrogen-bond acceptors (Lipinski definition) is 2. The SMILES string of the molecule is COc1cnc(I)c2ccn(C)c12. The number of aryl methyl sites for hydroxylation is 1. The number of halogens is 1. The van der Waals surface area contributed by atoms with Crippen molar-refractivity contribution in [3.05, 3.63) is 22.2 Å². The Morgan fingerprint density at radius 2 is 2.31 bits per heavy atom. The normalized spacial score (nSPS) is 10.7. The Bertz CT molecular complexity index is 450. The first-order chi connectivity index (χ1) is 6.24. The lowest BCUT2D eigenvalue weighted by atomic mass is 10.3. The van der Waals surface area contributed by atoms with E-state index in [0.717, 1.165) is 20.4 Å². The van der Waals surface area contributed by atoms with Crippen molar-refractivity contribution in [2.45, 2.75) is 0 Å². The summed E-state index contributed by atoms with van der Waals surface area (Å²) in [4.78, 5) is 4.24. The summed E-state index contributed by atoms with van der Waals surface area (Å²) in [5, 5.41) is 1.14. The van der Waals surface area contributed by atoms with Crippen LogP contribution in [0.25, 0.3) is 10.9 Å². The zero-order chi connectivity index (χ0) is 9.42. The Kier molecular flexibility index (Phi) is 2.15. The first kappa shape index (κ1) is 8.80. The van der Waals surface area contributed by atoms with Crippen LogP contribution in [0.1, 0.15) is 0 Å². The quantitative estimate of drug-likeness (QED) is 0.594. The average Bonchev–Trinajstić information content (AvgIpc) is 2.51. The second-order valence-corrected chi connectivity index (χ2v) is 3.83. The molecule has 0 aliphatic carbocycles. The van der Waals surface area contributed by atoms with Crippen LogP contribution in [-0.2, 0) is 7.05 Å². The van der Waals surface area contributed by atoms with Gasteiger partial charge in [0.2, 0.25) is 0 Å². The highest BCUT2D eigenvalue weighted by Crippen LogP contribution is 2.27. The summed E-state index contributed by atoms with van der Waals surface area (Å²) < 4.78 is 8.28. The predicted octanol–water partition coefficient (Wildman–Crippen LogP) is 2.19. The first-order valence-electron chi connectivity index (χ1n) is 3.87. The molecule has 13 heavy (non-hydrogen) atoms. The van der Waals surface area contributed by atoms with Gasteiger partial charge in [-0.15, -0.1) is 0 Å². The fraction of sp³-hybridized carbons (Fsp3) is 0.222. The largest absolute Gasteiger partial charge is 0.493 e. The number of hydrogen-bond donors (Lipinski definition) is 0. The molecule has 4 heteroatoms. The summed E-state index contributed by atoms with van der Waals surface area (Å²) >= 11 is 2.22. The molecule has 0 saturated carbocycles. The number of pyridine rings is 1. The standard InChI is InChI=1S/C9H9IN2O/c1-12-4-3-6-8(12)7(13-2)5-11-9(6)10/h3-5H,1-2H3. The second kappa shape index (κ2) is 3.17. The summed E-state index contributed by atoms with van der Waals surface area (Å²) in [6, 6.07) is 2.05. The van der Waals surface area contributed by atoms with Crippen molar-refractivity contribution >= 4 is 33.5 Å². The van der Waals surface area contributed by atoms with E-state index in [0.29, 0.717) is 0 Å². The Labute approximate surface area is 89.9 Å². The smallest absolute Gasteiger partial charge is 0.161 e. The number of ether oxygens (including phenoxy) is 1. The molecule has 0 fully saturated rings. The third kappa shape index (κ3) is 1.29. The van der Waals surface area contributed by atoms with Gasteiger partial charge in [-0.1, -0.05) is 0 Å². The lowest BCUT2D eigenvalue weighted by Crippen LogP contribution is -1.93. The summed E-state index contributed by atoms with van der Waals surface area (Å²) in [5.41, 5.74) is 1.10. The van der Waals surface area contributed by atoms with Crippen LogP contribution in [0.15, 0.2) is 18.5 Å². The molecule has 0 saturated heterocycles. The number of nitrogens with zero attached hydrogens (tertiary/aromatic N) is 2. The van der Waals surface area contributed by atoms with Crippen LogP contribution >= 0.6 is 22.6 Å². The zero-order valence-corrected chi connectivity index (χ0v) is 9.57. The van der Waals surface area contributed by atoms with Crippen molar-refractivity contribution in [2.24, 2.45) is 7.05 Å². The molecule has 0 aromatic carbocycles. The number of fused-ring (bicyclic) bond motifs is 1. The Morgan fingerprint density at radius 1 is 1.54 bits per heavy atom. The highest BCUT2D eigenvalue weighted by Gasteiger charge is 2.08. The molecular formula is C9H9IN2O. The fourth-order valence-electron chi connectivity index (χ4n) is 1.40. The fourth-order valence-corrected chi connectivity index (χ4v) is 1.97. The van der Waals surface area contributed by atoms with Crippen LogP contribution in [0.4, 0.5) is 0 Å². The second-order valence-electron chi connectivity index (χ2n) is 2.81. The highest BCUT2D eigenvalue weighted by molar-refractivity contribution is 14.1. The van der Waals surface area contributed by atoms with Crippen LogP contribution in [0, 0.1) is 3.70 Å². The minimum Gasteiger partial charge on any atom is -0.493 e. The summed E-state index contributed by atoms with van der Waals surface area (Å²) in [5.74, 6) is 0.822. The number of methoxy groups -OCH3 is 1. The minimum absolute atomic E-state index is 0.822. The topological polar surface area (TPSA) is 27.1 Å². The average molecular weight is 288 g/mol. The van der Waals surface area contributed by atoms with E-state index in [1.165, 1.54) is 0 Å². The van der Waals surface area contributed by atoms with E-state index in [1.54, 1.807) is 13.3 Å². The molecule has 0 bridgehead atoms. The zero-order valence-electron chi connectivity index (χ0n) is 7.41. The van der Waals surface area contributed by atoms with Gasteiger partial charge in [-0.2, -0.15) is 0 Å². The maximum atomic E-state index is 5.23. The van der Waals surface area contributed by atoms with Gasteiger partial charge in [0.25, 0.3) is 0 Å². The van der Waals surface area contributed by atoms with E-state index in [4.69, 9.17) is 4.74 Å². The van der Waals surface area contributed by atoms with Gasteiger partial charge in [0.15, 0.2) is 5.75 Å². The molecule has 0 aliphatic heterocycles. The third-order valence-corrected chi connectivity index (χ3v) is 2.90. The highest BCUT2D eigenvalue weighted by atomic mass is 127. The Morgan fingerprint density at radius 3 is 3.00 bits per heavy atom. The lowest BCUT2D eigenvalue weighted by Gasteiger charge is -2.04. The minimum atomic E-state index is 0.822. The molecule has 68 valence electrons. The van der Waals surface area contributed by atoms with E-state index >= 15 is 0 Å². The molecule has 0 spiro atoms. The van der Waals surface area contributed by atoms with E-state index < -0.39 is 0 Å². The van der Waals surface area contributed by atoms with Crippen LogP contribution < -0.4 is 4.74 Å². The molecule has 0 unspecified atom stereocenters. The van der Waals surface area contributed by atoms with Crippen LogP contribution in [0.3, 0.4) is 0 Å². The monoisotopic (exact) mass is 288 g/mol. The maximum Gasteiger partial charge on any atom is 0.161 e. The third-order valence-electron chi connectivity index (χ3n) is 2.04. The summed E-state index contributed by atoms with van der Waals surface area (Å²) in [6.45, 7) is 0. The van der Waals surface area contributed by atoms with E-state index in [9.17, 15) is 0 Å². The van der Waals surface area contributed by atoms with Gasteiger partial charge in [0.1, 0.15) is 3.70 Å². The predicted molar refractivity (Wildman–Crippen MR) is 60.0 cm³/mol. The van der Waals surface area contributed by atoms with Crippen molar-refractivity contribution < 1.29 is 4.74 Å². The van der Waals surface area contributed by atoms with E-state index in [1.807, 2.05) is 23.9 Å². The molecule has 2 heterocycles. The van der Waals surface area contributed by atoms with E-state index in [2.05, 4.69) is 27.6 Å². The molecule has 0 aliphatic rings. The molecule has 2 aromatic rings. The number of aromatic nitrogens is 2. The van der Waals surface area contributed by atoms with Crippen LogP contribution in [0.5, 0.6) is 5.75 Å². The molecule has 2 rings (SSSR count). The van der Waals surface area contributed by atoms with Crippen LogP contribution in [-0.4, -0.2) is 16.7 Å². The molecule has 2 aromatic heterocycles. The van der Waals surface area contributed by atoms with Crippen molar-refractivity contribution in [1.82, 2.24) is 9.55 Å². The molecule has 0 atom stereocenters. The Hall–Kier alpha value is -0.780. The van der Waals surface area contributed by atoms with Crippen molar-refractivity contribution in [3.8, 4) is 5.75 Å². The lowest BCUT2D eigenvalue weighted by molar-refractivity contribution is 0.416. The van der Waals surface area contributed by atoms with Gasteiger partial charge in [0.05, 0.1) is 18.8 Å². The van der Waals surface area contributed by atoms with Crippen molar-refractivity contribution in [3.63, 3.8) is 0 Å². The van der Waals surface area contributed by atoms with E-state index in [-0.39, 0.29) is 0 Å². The van der Waals surface area contributed by atoms with Gasteiger partial charge < -0.3 is 9.30 Å².